The molecule has 0 aliphatic carbocycles. The van der Waals surface area contributed by atoms with E-state index >= 15 is 0 Å². The zero-order chi connectivity index (χ0) is 14.8. The second-order valence-corrected chi connectivity index (χ2v) is 4.47. The summed E-state index contributed by atoms with van der Waals surface area (Å²) in [5, 5.41) is 0.313. The first-order valence-electron chi connectivity index (χ1n) is 6.31. The summed E-state index contributed by atoms with van der Waals surface area (Å²) in [6.45, 7) is -2.94. The summed E-state index contributed by atoms with van der Waals surface area (Å²) >= 11 is 0. The van der Waals surface area contributed by atoms with Crippen LogP contribution >= 0.6 is 0 Å². The molecule has 0 unspecified atom stereocenters. The molecular weight excluding hydrogens is 276 g/mol. The van der Waals surface area contributed by atoms with E-state index in [2.05, 4.69) is 9.72 Å². The number of para-hydroxylation sites is 1. The number of H-pyrrole nitrogens is 1. The second kappa shape index (κ2) is 5.36. The first kappa shape index (κ1) is 13.3. The number of pyridine rings is 1. The third-order valence-corrected chi connectivity index (χ3v) is 3.13. The van der Waals surface area contributed by atoms with Crippen molar-refractivity contribution < 1.29 is 13.5 Å². The number of hydrogen-bond donors (Lipinski definition) is 1. The Balaban J connectivity index is 2.24. The Morgan fingerprint density at radius 3 is 2.48 bits per heavy atom. The summed E-state index contributed by atoms with van der Waals surface area (Å²) in [5.74, 6) is -0.0441. The maximum Gasteiger partial charge on any atom is 0.387 e. The number of fused-ring (bicyclic) bond motifs is 1. The molecule has 3 aromatic rings. The van der Waals surface area contributed by atoms with Gasteiger partial charge in [-0.1, -0.05) is 36.4 Å². The average Bonchev–Trinajstić information content (AvgIpc) is 2.48. The number of halogens is 2. The lowest BCUT2D eigenvalue weighted by atomic mass is 10.1. The van der Waals surface area contributed by atoms with Gasteiger partial charge in [-0.15, -0.1) is 0 Å². The third-order valence-electron chi connectivity index (χ3n) is 3.13. The van der Waals surface area contributed by atoms with Gasteiger partial charge in [0.2, 0.25) is 0 Å². The molecule has 0 fully saturated rings. The van der Waals surface area contributed by atoms with Crippen LogP contribution in [0, 0.1) is 0 Å². The number of alkyl halides is 2. The molecule has 0 saturated heterocycles. The van der Waals surface area contributed by atoms with Crippen molar-refractivity contribution >= 4 is 10.9 Å². The maximum atomic E-state index is 12.5. The predicted molar refractivity (Wildman–Crippen MR) is 76.6 cm³/mol. The molecule has 3 rings (SSSR count). The number of hydrogen-bond acceptors (Lipinski definition) is 2. The third kappa shape index (κ3) is 2.63. The van der Waals surface area contributed by atoms with Crippen LogP contribution in [0.5, 0.6) is 5.75 Å². The van der Waals surface area contributed by atoms with E-state index in [4.69, 9.17) is 0 Å². The molecule has 106 valence electrons. The highest BCUT2D eigenvalue weighted by atomic mass is 19.3. The minimum atomic E-state index is -2.94. The van der Waals surface area contributed by atoms with Gasteiger partial charge >= 0.3 is 6.61 Å². The van der Waals surface area contributed by atoms with Crippen molar-refractivity contribution in [3.63, 3.8) is 0 Å². The lowest BCUT2D eigenvalue weighted by Crippen LogP contribution is -2.07. The second-order valence-electron chi connectivity index (χ2n) is 4.47. The Kier molecular flexibility index (Phi) is 3.39. The van der Waals surface area contributed by atoms with E-state index in [-0.39, 0.29) is 16.7 Å². The van der Waals surface area contributed by atoms with E-state index in [1.165, 1.54) is 18.2 Å². The van der Waals surface area contributed by atoms with Gasteiger partial charge in [-0.25, -0.2) is 0 Å². The topological polar surface area (TPSA) is 42.1 Å². The Bertz CT molecular complexity index is 829. The van der Waals surface area contributed by atoms with Crippen LogP contribution in [0.3, 0.4) is 0 Å². The fourth-order valence-corrected chi connectivity index (χ4v) is 2.21. The molecule has 0 aliphatic rings. The van der Waals surface area contributed by atoms with Gasteiger partial charge in [-0.3, -0.25) is 4.79 Å². The number of aromatic nitrogens is 1. The van der Waals surface area contributed by atoms with Gasteiger partial charge in [-0.2, -0.15) is 8.78 Å². The monoisotopic (exact) mass is 287 g/mol. The molecule has 0 aliphatic heterocycles. The molecule has 1 aromatic heterocycles. The molecule has 0 spiro atoms. The Morgan fingerprint density at radius 2 is 1.76 bits per heavy atom. The lowest BCUT2D eigenvalue weighted by Gasteiger charge is -2.10. The van der Waals surface area contributed by atoms with Gasteiger partial charge in [0.1, 0.15) is 5.75 Å². The van der Waals surface area contributed by atoms with Gasteiger partial charge in [0.25, 0.3) is 0 Å². The summed E-state index contributed by atoms with van der Waals surface area (Å²) in [5.41, 5.74) is 1.37. The molecule has 1 N–H and O–H groups in total. The van der Waals surface area contributed by atoms with Gasteiger partial charge < -0.3 is 9.72 Å². The minimum Gasteiger partial charge on any atom is -0.433 e. The lowest BCUT2D eigenvalue weighted by molar-refractivity contribution is -0.0489. The normalized spacial score (nSPS) is 11.0. The van der Waals surface area contributed by atoms with Crippen molar-refractivity contribution in [3.05, 3.63) is 64.8 Å². The van der Waals surface area contributed by atoms with Gasteiger partial charge in [0, 0.05) is 17.1 Å². The Morgan fingerprint density at radius 1 is 1.00 bits per heavy atom. The quantitative estimate of drug-likeness (QED) is 0.796. The zero-order valence-corrected chi connectivity index (χ0v) is 10.8. The van der Waals surface area contributed by atoms with E-state index < -0.39 is 6.61 Å². The number of benzene rings is 2. The number of rotatable bonds is 3. The first-order chi connectivity index (χ1) is 10.1. The van der Waals surface area contributed by atoms with Gasteiger partial charge in [0.15, 0.2) is 5.43 Å². The highest BCUT2D eigenvalue weighted by Crippen LogP contribution is 2.26. The van der Waals surface area contributed by atoms with E-state index in [0.29, 0.717) is 11.1 Å². The van der Waals surface area contributed by atoms with Crippen LogP contribution < -0.4 is 10.2 Å². The van der Waals surface area contributed by atoms with E-state index in [9.17, 15) is 13.6 Å². The molecule has 0 amide bonds. The van der Waals surface area contributed by atoms with Crippen molar-refractivity contribution in [2.75, 3.05) is 0 Å². The van der Waals surface area contributed by atoms with E-state index in [1.807, 2.05) is 30.3 Å². The summed E-state index contributed by atoms with van der Waals surface area (Å²) < 4.78 is 29.4. The molecule has 0 atom stereocenters. The number of ether oxygens (including phenoxy) is 1. The van der Waals surface area contributed by atoms with Crippen molar-refractivity contribution in [2.45, 2.75) is 6.61 Å². The van der Waals surface area contributed by atoms with Crippen LogP contribution in [0.2, 0.25) is 0 Å². The molecule has 3 nitrogen and oxygen atoms in total. The van der Waals surface area contributed by atoms with Crippen molar-refractivity contribution in [1.29, 1.82) is 0 Å². The molecule has 0 radical (unpaired) electrons. The van der Waals surface area contributed by atoms with Crippen LogP contribution in [0.1, 0.15) is 0 Å². The number of nitrogens with one attached hydrogen (secondary N) is 1. The average molecular weight is 287 g/mol. The van der Waals surface area contributed by atoms with Gasteiger partial charge in [0.05, 0.1) is 5.52 Å². The maximum absolute atomic E-state index is 12.5. The summed E-state index contributed by atoms with van der Waals surface area (Å²) in [6, 6.07) is 15.1. The molecule has 0 saturated carbocycles. The molecular formula is C16H11F2NO2. The summed E-state index contributed by atoms with van der Waals surface area (Å²) in [4.78, 5) is 15.1. The summed E-state index contributed by atoms with van der Waals surface area (Å²) in [6.07, 6.45) is 0. The van der Waals surface area contributed by atoms with Crippen LogP contribution in [0.15, 0.2) is 59.4 Å². The minimum absolute atomic E-state index is 0.0441. The summed E-state index contributed by atoms with van der Waals surface area (Å²) in [7, 11) is 0. The Labute approximate surface area is 118 Å². The van der Waals surface area contributed by atoms with Crippen molar-refractivity contribution in [1.82, 2.24) is 4.98 Å². The Hall–Kier alpha value is -2.69. The number of aromatic amines is 1. The molecule has 5 heteroatoms. The molecule has 21 heavy (non-hydrogen) atoms. The van der Waals surface area contributed by atoms with Crippen molar-refractivity contribution in [3.8, 4) is 17.0 Å². The molecule has 0 bridgehead atoms. The first-order valence-corrected chi connectivity index (χ1v) is 6.31. The van der Waals surface area contributed by atoms with Crippen molar-refractivity contribution in [2.24, 2.45) is 0 Å². The zero-order valence-electron chi connectivity index (χ0n) is 10.8. The molecule has 2 aromatic carbocycles. The van der Waals surface area contributed by atoms with E-state index in [1.54, 1.807) is 6.07 Å². The standard InChI is InChI=1S/C16H11F2NO2/c17-16(18)21-14-8-4-7-11-13(20)9-12(19-15(11)14)10-5-2-1-3-6-10/h1-9,16H,(H,19,20). The smallest absolute Gasteiger partial charge is 0.387 e. The van der Waals surface area contributed by atoms with Crippen LogP contribution in [0.4, 0.5) is 8.78 Å². The SMILES string of the molecule is O=c1cc(-c2ccccc2)[nH]c2c(OC(F)F)cccc12. The fraction of sp³-hybridized carbons (Fsp3) is 0.0625. The molecule has 1 heterocycles. The highest BCUT2D eigenvalue weighted by molar-refractivity contribution is 5.86. The van der Waals surface area contributed by atoms with Crippen LogP contribution in [0.25, 0.3) is 22.2 Å². The van der Waals surface area contributed by atoms with Crippen LogP contribution in [-0.2, 0) is 0 Å². The van der Waals surface area contributed by atoms with Gasteiger partial charge in [-0.05, 0) is 17.7 Å². The predicted octanol–water partition coefficient (Wildman–Crippen LogP) is 3.80. The highest BCUT2D eigenvalue weighted by Gasteiger charge is 2.11. The largest absolute Gasteiger partial charge is 0.433 e. The van der Waals surface area contributed by atoms with Crippen LogP contribution in [-0.4, -0.2) is 11.6 Å². The fourth-order valence-electron chi connectivity index (χ4n) is 2.21. The van der Waals surface area contributed by atoms with E-state index in [0.717, 1.165) is 5.56 Å².